The summed E-state index contributed by atoms with van der Waals surface area (Å²) in [6, 6.07) is 14.7. The molecule has 2 aromatic carbocycles. The molecule has 0 aliphatic heterocycles. The maximum atomic E-state index is 5.22. The molecule has 1 atom stereocenters. The van der Waals surface area contributed by atoms with E-state index >= 15 is 0 Å². The standard InChI is InChI=1S/C16H18BrNO/c1-11-9-15(19-3)7-8-16(11)18-12(2)13-5-4-6-14(17)10-13/h4-10,12,18H,1-3H3. The number of benzene rings is 2. The summed E-state index contributed by atoms with van der Waals surface area (Å²) in [4.78, 5) is 0. The van der Waals surface area contributed by atoms with E-state index in [9.17, 15) is 0 Å². The number of anilines is 1. The Hall–Kier alpha value is -1.48. The predicted octanol–water partition coefficient (Wildman–Crippen LogP) is 4.94. The van der Waals surface area contributed by atoms with Crippen LogP contribution in [0.15, 0.2) is 46.9 Å². The number of rotatable bonds is 4. The number of aryl methyl sites for hydroxylation is 1. The highest BCUT2D eigenvalue weighted by molar-refractivity contribution is 9.10. The molecule has 0 bridgehead atoms. The van der Waals surface area contributed by atoms with Crippen LogP contribution in [0.5, 0.6) is 5.75 Å². The summed E-state index contributed by atoms with van der Waals surface area (Å²) in [5, 5.41) is 3.53. The van der Waals surface area contributed by atoms with E-state index in [0.29, 0.717) is 0 Å². The van der Waals surface area contributed by atoms with Gasteiger partial charge in [-0.25, -0.2) is 0 Å². The summed E-state index contributed by atoms with van der Waals surface area (Å²) in [7, 11) is 1.69. The number of halogens is 1. The van der Waals surface area contributed by atoms with Crippen LogP contribution >= 0.6 is 15.9 Å². The molecule has 3 heteroatoms. The van der Waals surface area contributed by atoms with Gasteiger partial charge in [0.1, 0.15) is 5.75 Å². The molecular weight excluding hydrogens is 302 g/mol. The summed E-state index contributed by atoms with van der Waals surface area (Å²) in [6.45, 7) is 4.24. The fourth-order valence-electron chi connectivity index (χ4n) is 2.02. The number of ether oxygens (including phenoxy) is 1. The van der Waals surface area contributed by atoms with Crippen molar-refractivity contribution in [1.29, 1.82) is 0 Å². The molecule has 19 heavy (non-hydrogen) atoms. The van der Waals surface area contributed by atoms with E-state index in [1.807, 2.05) is 18.2 Å². The van der Waals surface area contributed by atoms with Gasteiger partial charge in [-0.1, -0.05) is 28.1 Å². The molecule has 0 spiro atoms. The lowest BCUT2D eigenvalue weighted by Gasteiger charge is -2.18. The fraction of sp³-hybridized carbons (Fsp3) is 0.250. The van der Waals surface area contributed by atoms with Crippen LogP contribution < -0.4 is 10.1 Å². The van der Waals surface area contributed by atoms with E-state index in [1.165, 1.54) is 11.1 Å². The van der Waals surface area contributed by atoms with Gasteiger partial charge in [-0.2, -0.15) is 0 Å². The smallest absolute Gasteiger partial charge is 0.119 e. The SMILES string of the molecule is COc1ccc(NC(C)c2cccc(Br)c2)c(C)c1. The molecule has 100 valence electrons. The second kappa shape index (κ2) is 6.11. The van der Waals surface area contributed by atoms with Crippen LogP contribution in [0.3, 0.4) is 0 Å². The third-order valence-corrected chi connectivity index (χ3v) is 3.65. The van der Waals surface area contributed by atoms with Crippen molar-refractivity contribution in [3.8, 4) is 5.75 Å². The third kappa shape index (κ3) is 3.51. The maximum Gasteiger partial charge on any atom is 0.119 e. The largest absolute Gasteiger partial charge is 0.497 e. The molecule has 1 N–H and O–H groups in total. The average Bonchev–Trinajstić information content (AvgIpc) is 2.41. The summed E-state index contributed by atoms with van der Waals surface area (Å²) in [5.41, 5.74) is 3.57. The Morgan fingerprint density at radius 2 is 1.95 bits per heavy atom. The number of hydrogen-bond donors (Lipinski definition) is 1. The Morgan fingerprint density at radius 3 is 2.58 bits per heavy atom. The molecule has 0 aliphatic rings. The van der Waals surface area contributed by atoms with E-state index in [4.69, 9.17) is 4.74 Å². The monoisotopic (exact) mass is 319 g/mol. The zero-order chi connectivity index (χ0) is 13.8. The van der Waals surface area contributed by atoms with Crippen LogP contribution in [0.2, 0.25) is 0 Å². The van der Waals surface area contributed by atoms with E-state index in [2.05, 4.69) is 59.4 Å². The van der Waals surface area contributed by atoms with Crippen LogP contribution in [0.4, 0.5) is 5.69 Å². The quantitative estimate of drug-likeness (QED) is 0.861. The lowest BCUT2D eigenvalue weighted by atomic mass is 10.1. The van der Waals surface area contributed by atoms with Gasteiger partial charge in [-0.15, -0.1) is 0 Å². The molecule has 1 unspecified atom stereocenters. The topological polar surface area (TPSA) is 21.3 Å². The second-order valence-electron chi connectivity index (χ2n) is 4.60. The minimum Gasteiger partial charge on any atom is -0.497 e. The van der Waals surface area contributed by atoms with E-state index in [-0.39, 0.29) is 6.04 Å². The Labute approximate surface area is 122 Å². The highest BCUT2D eigenvalue weighted by Crippen LogP contribution is 2.26. The molecule has 0 aliphatic carbocycles. The van der Waals surface area contributed by atoms with E-state index in [0.717, 1.165) is 15.9 Å². The van der Waals surface area contributed by atoms with Gasteiger partial charge in [0.05, 0.1) is 7.11 Å². The Kier molecular flexibility index (Phi) is 4.48. The van der Waals surface area contributed by atoms with Crippen LogP contribution in [0, 0.1) is 6.92 Å². The van der Waals surface area contributed by atoms with Crippen molar-refractivity contribution in [3.05, 3.63) is 58.1 Å². The summed E-state index contributed by atoms with van der Waals surface area (Å²) in [5.74, 6) is 0.887. The molecule has 0 fully saturated rings. The summed E-state index contributed by atoms with van der Waals surface area (Å²) in [6.07, 6.45) is 0. The zero-order valence-corrected chi connectivity index (χ0v) is 13.0. The van der Waals surface area contributed by atoms with Crippen molar-refractivity contribution in [2.45, 2.75) is 19.9 Å². The zero-order valence-electron chi connectivity index (χ0n) is 11.4. The van der Waals surface area contributed by atoms with Gasteiger partial charge in [0.25, 0.3) is 0 Å². The van der Waals surface area contributed by atoms with Gasteiger partial charge >= 0.3 is 0 Å². The van der Waals surface area contributed by atoms with Gasteiger partial charge in [-0.3, -0.25) is 0 Å². The second-order valence-corrected chi connectivity index (χ2v) is 5.52. The molecule has 2 nitrogen and oxygen atoms in total. The van der Waals surface area contributed by atoms with Crippen molar-refractivity contribution < 1.29 is 4.74 Å². The first-order chi connectivity index (χ1) is 9.10. The van der Waals surface area contributed by atoms with Crippen LogP contribution in [0.1, 0.15) is 24.1 Å². The van der Waals surface area contributed by atoms with E-state index in [1.54, 1.807) is 7.11 Å². The molecule has 2 aromatic rings. The first-order valence-corrected chi connectivity index (χ1v) is 7.06. The third-order valence-electron chi connectivity index (χ3n) is 3.15. The maximum absolute atomic E-state index is 5.22. The van der Waals surface area contributed by atoms with Gasteiger partial charge in [0, 0.05) is 16.2 Å². The number of hydrogen-bond acceptors (Lipinski definition) is 2. The molecule has 0 saturated heterocycles. The molecular formula is C16H18BrNO. The molecule has 0 aromatic heterocycles. The van der Waals surface area contributed by atoms with Crippen molar-refractivity contribution in [3.63, 3.8) is 0 Å². The van der Waals surface area contributed by atoms with Crippen molar-refractivity contribution in [2.75, 3.05) is 12.4 Å². The average molecular weight is 320 g/mol. The normalized spacial score (nSPS) is 12.0. The van der Waals surface area contributed by atoms with Gasteiger partial charge in [-0.05, 0) is 55.3 Å². The lowest BCUT2D eigenvalue weighted by Crippen LogP contribution is -2.07. The predicted molar refractivity (Wildman–Crippen MR) is 83.9 cm³/mol. The highest BCUT2D eigenvalue weighted by Gasteiger charge is 2.07. The number of methoxy groups -OCH3 is 1. The van der Waals surface area contributed by atoms with Crippen molar-refractivity contribution in [2.24, 2.45) is 0 Å². The van der Waals surface area contributed by atoms with Crippen molar-refractivity contribution >= 4 is 21.6 Å². The molecule has 0 saturated carbocycles. The fourth-order valence-corrected chi connectivity index (χ4v) is 2.43. The molecule has 0 radical (unpaired) electrons. The van der Waals surface area contributed by atoms with Gasteiger partial charge in [0.15, 0.2) is 0 Å². The summed E-state index contributed by atoms with van der Waals surface area (Å²) < 4.78 is 6.32. The first kappa shape index (κ1) is 13.9. The molecule has 0 amide bonds. The Morgan fingerprint density at radius 1 is 1.16 bits per heavy atom. The van der Waals surface area contributed by atoms with Gasteiger partial charge in [0.2, 0.25) is 0 Å². The number of nitrogens with one attached hydrogen (secondary N) is 1. The van der Waals surface area contributed by atoms with Gasteiger partial charge < -0.3 is 10.1 Å². The van der Waals surface area contributed by atoms with Crippen molar-refractivity contribution in [1.82, 2.24) is 0 Å². The summed E-state index contributed by atoms with van der Waals surface area (Å²) >= 11 is 3.50. The minimum atomic E-state index is 0.254. The first-order valence-electron chi connectivity index (χ1n) is 6.27. The molecule has 2 rings (SSSR count). The van der Waals surface area contributed by atoms with Crippen LogP contribution in [-0.4, -0.2) is 7.11 Å². The van der Waals surface area contributed by atoms with E-state index < -0.39 is 0 Å². The Bertz CT molecular complexity index is 568. The highest BCUT2D eigenvalue weighted by atomic mass is 79.9. The minimum absolute atomic E-state index is 0.254. The van der Waals surface area contributed by atoms with Crippen LogP contribution in [-0.2, 0) is 0 Å². The Balaban J connectivity index is 2.17. The molecule has 0 heterocycles. The lowest BCUT2D eigenvalue weighted by molar-refractivity contribution is 0.414. The van der Waals surface area contributed by atoms with Crippen LogP contribution in [0.25, 0.3) is 0 Å².